The number of likely N-dealkylation sites (tertiary alicyclic amines) is 1. The van der Waals surface area contributed by atoms with Crippen LogP contribution in [0.15, 0.2) is 36.5 Å². The Morgan fingerprint density at radius 2 is 1.88 bits per heavy atom. The van der Waals surface area contributed by atoms with Gasteiger partial charge >= 0.3 is 6.18 Å². The molecule has 2 aromatic rings. The number of fused-ring (bicyclic) bond motifs is 1. The molecule has 1 aromatic heterocycles. The SMILES string of the molecule is O=S([O-])Cc1ccc(-c2cc3c(cn2)OC(C2CCN(CC4(C(F)(F)F)CC4)CC2)C3)cc1. The Kier molecular flexibility index (Phi) is 5.99. The Morgan fingerprint density at radius 1 is 1.18 bits per heavy atom. The third-order valence-corrected chi connectivity index (χ3v) is 7.89. The van der Waals surface area contributed by atoms with Crippen molar-refractivity contribution in [1.29, 1.82) is 0 Å². The number of piperidine rings is 1. The first-order valence-electron chi connectivity index (χ1n) is 11.3. The molecule has 3 aliphatic rings. The van der Waals surface area contributed by atoms with Crippen molar-refractivity contribution in [3.8, 4) is 17.0 Å². The molecule has 1 aromatic carbocycles. The van der Waals surface area contributed by atoms with Gasteiger partial charge in [0.1, 0.15) is 11.9 Å². The molecule has 2 atom stereocenters. The molecule has 5 nitrogen and oxygen atoms in total. The van der Waals surface area contributed by atoms with E-state index in [0.717, 1.165) is 47.4 Å². The molecular formula is C24H26F3N2O3S-. The van der Waals surface area contributed by atoms with Crippen molar-refractivity contribution in [2.75, 3.05) is 19.6 Å². The van der Waals surface area contributed by atoms with E-state index < -0.39 is 22.7 Å². The van der Waals surface area contributed by atoms with Crippen molar-refractivity contribution in [3.63, 3.8) is 0 Å². The number of hydrogen-bond donors (Lipinski definition) is 0. The standard InChI is InChI=1S/C24H27F3N2O3S/c25-24(26,27)23(7-8-23)15-29-9-5-18(6-10-29)21-12-19-11-20(28-13-22(19)32-21)17-3-1-16(2-4-17)14-33(30)31/h1-4,11,13,18,21H,5-10,12,14-15H2,(H,30,31)/p-1. The maximum atomic E-state index is 13.3. The normalized spacial score (nSPS) is 23.7. The molecule has 0 amide bonds. The number of nitrogens with zero attached hydrogens (tertiary/aromatic N) is 2. The van der Waals surface area contributed by atoms with E-state index in [4.69, 9.17) is 4.74 Å². The molecule has 178 valence electrons. The van der Waals surface area contributed by atoms with Gasteiger partial charge < -0.3 is 14.2 Å². The Hall–Kier alpha value is -1.97. The molecular weight excluding hydrogens is 453 g/mol. The molecule has 5 rings (SSSR count). The van der Waals surface area contributed by atoms with Crippen LogP contribution < -0.4 is 4.74 Å². The van der Waals surface area contributed by atoms with Crippen LogP contribution in [0.1, 0.15) is 36.8 Å². The number of aromatic nitrogens is 1. The lowest BCUT2D eigenvalue weighted by atomic mass is 9.88. The summed E-state index contributed by atoms with van der Waals surface area (Å²) >= 11 is -2.12. The van der Waals surface area contributed by atoms with Crippen LogP contribution in [0.2, 0.25) is 0 Å². The van der Waals surface area contributed by atoms with Gasteiger partial charge in [0.05, 0.1) is 17.3 Å². The molecule has 33 heavy (non-hydrogen) atoms. The summed E-state index contributed by atoms with van der Waals surface area (Å²) in [5.41, 5.74) is 2.07. The highest BCUT2D eigenvalue weighted by molar-refractivity contribution is 7.78. The third-order valence-electron chi connectivity index (χ3n) is 7.32. The molecule has 2 fully saturated rings. The Labute approximate surface area is 193 Å². The topological polar surface area (TPSA) is 65.5 Å². The highest BCUT2D eigenvalue weighted by Gasteiger charge is 2.63. The second-order valence-corrected chi connectivity index (χ2v) is 10.5. The van der Waals surface area contributed by atoms with E-state index in [1.807, 2.05) is 23.1 Å². The minimum Gasteiger partial charge on any atom is -0.772 e. The van der Waals surface area contributed by atoms with Crippen LogP contribution in [-0.2, 0) is 23.3 Å². The summed E-state index contributed by atoms with van der Waals surface area (Å²) in [4.78, 5) is 6.49. The minimum atomic E-state index is -4.10. The van der Waals surface area contributed by atoms with Crippen molar-refractivity contribution in [2.45, 2.75) is 50.1 Å². The highest BCUT2D eigenvalue weighted by atomic mass is 32.2. The molecule has 2 unspecified atom stereocenters. The average Bonchev–Trinajstić information content (AvgIpc) is 3.44. The number of halogens is 3. The van der Waals surface area contributed by atoms with Crippen LogP contribution in [-0.4, -0.2) is 50.6 Å². The van der Waals surface area contributed by atoms with Crippen molar-refractivity contribution < 1.29 is 26.7 Å². The lowest BCUT2D eigenvalue weighted by molar-refractivity contribution is -0.192. The summed E-state index contributed by atoms with van der Waals surface area (Å²) in [5, 5.41) is 0. The predicted molar refractivity (Wildman–Crippen MR) is 117 cm³/mol. The van der Waals surface area contributed by atoms with Gasteiger partial charge in [-0.15, -0.1) is 0 Å². The number of pyridine rings is 1. The lowest BCUT2D eigenvalue weighted by Gasteiger charge is -2.36. The summed E-state index contributed by atoms with van der Waals surface area (Å²) in [6.07, 6.45) is 0.647. The van der Waals surface area contributed by atoms with Gasteiger partial charge in [0.2, 0.25) is 0 Å². The molecule has 0 bridgehead atoms. The van der Waals surface area contributed by atoms with Crippen molar-refractivity contribution >= 4 is 11.1 Å². The van der Waals surface area contributed by atoms with Crippen LogP contribution in [0.5, 0.6) is 5.75 Å². The van der Waals surface area contributed by atoms with E-state index in [9.17, 15) is 21.9 Å². The first-order chi connectivity index (χ1) is 15.7. The van der Waals surface area contributed by atoms with Crippen LogP contribution in [0.25, 0.3) is 11.3 Å². The third kappa shape index (κ3) is 4.81. The number of ether oxygens (including phenoxy) is 1. The number of hydrogen-bond acceptors (Lipinski definition) is 5. The van der Waals surface area contributed by atoms with Gasteiger partial charge in [-0.3, -0.25) is 9.19 Å². The Morgan fingerprint density at radius 3 is 2.48 bits per heavy atom. The summed E-state index contributed by atoms with van der Waals surface area (Å²) in [6.45, 7) is 1.50. The van der Waals surface area contributed by atoms with Crippen LogP contribution >= 0.6 is 0 Å². The minimum absolute atomic E-state index is 0.0105. The second-order valence-electron chi connectivity index (χ2n) is 9.57. The monoisotopic (exact) mass is 479 g/mol. The van der Waals surface area contributed by atoms with Gasteiger partial charge in [-0.25, -0.2) is 0 Å². The fraction of sp³-hybridized carbons (Fsp3) is 0.542. The van der Waals surface area contributed by atoms with Crippen LogP contribution in [0.4, 0.5) is 13.2 Å². The van der Waals surface area contributed by atoms with E-state index in [1.54, 1.807) is 18.3 Å². The number of benzene rings is 1. The highest BCUT2D eigenvalue weighted by Crippen LogP contribution is 2.58. The van der Waals surface area contributed by atoms with Crippen LogP contribution in [0.3, 0.4) is 0 Å². The molecule has 3 heterocycles. The predicted octanol–water partition coefficient (Wildman–Crippen LogP) is 4.49. The zero-order valence-electron chi connectivity index (χ0n) is 18.1. The smallest absolute Gasteiger partial charge is 0.395 e. The molecule has 1 saturated carbocycles. The quantitative estimate of drug-likeness (QED) is 0.572. The maximum absolute atomic E-state index is 13.3. The van der Waals surface area contributed by atoms with Gasteiger partial charge in [-0.1, -0.05) is 35.3 Å². The zero-order valence-corrected chi connectivity index (χ0v) is 19.0. The summed E-state index contributed by atoms with van der Waals surface area (Å²) < 4.78 is 67.7. The Bertz CT molecular complexity index is 1030. The van der Waals surface area contributed by atoms with Crippen molar-refractivity contribution in [2.24, 2.45) is 11.3 Å². The zero-order chi connectivity index (χ0) is 23.2. The fourth-order valence-electron chi connectivity index (χ4n) is 5.09. The Balaban J connectivity index is 1.18. The summed E-state index contributed by atoms with van der Waals surface area (Å²) in [7, 11) is 0. The molecule has 0 radical (unpaired) electrons. The van der Waals surface area contributed by atoms with E-state index in [0.29, 0.717) is 19.0 Å². The van der Waals surface area contributed by atoms with E-state index in [1.165, 1.54) is 0 Å². The van der Waals surface area contributed by atoms with Crippen molar-refractivity contribution in [1.82, 2.24) is 9.88 Å². The van der Waals surface area contributed by atoms with Crippen molar-refractivity contribution in [3.05, 3.63) is 47.7 Å². The lowest BCUT2D eigenvalue weighted by Crippen LogP contribution is -2.44. The summed E-state index contributed by atoms with van der Waals surface area (Å²) in [6, 6.07) is 9.34. The first kappa shape index (κ1) is 22.8. The molecule has 0 spiro atoms. The van der Waals surface area contributed by atoms with Gasteiger partial charge in [0.15, 0.2) is 0 Å². The van der Waals surface area contributed by atoms with Gasteiger partial charge in [-0.2, -0.15) is 13.2 Å². The first-order valence-corrected chi connectivity index (χ1v) is 12.6. The average molecular weight is 480 g/mol. The largest absolute Gasteiger partial charge is 0.772 e. The van der Waals surface area contributed by atoms with E-state index in [-0.39, 0.29) is 31.2 Å². The molecule has 1 saturated heterocycles. The number of rotatable bonds is 6. The molecule has 0 N–H and O–H groups in total. The summed E-state index contributed by atoms with van der Waals surface area (Å²) in [5.74, 6) is 1.09. The van der Waals surface area contributed by atoms with Gasteiger partial charge in [0, 0.05) is 29.8 Å². The van der Waals surface area contributed by atoms with E-state index >= 15 is 0 Å². The molecule has 1 aliphatic carbocycles. The number of alkyl halides is 3. The molecule has 9 heteroatoms. The van der Waals surface area contributed by atoms with Crippen LogP contribution in [0, 0.1) is 11.3 Å². The maximum Gasteiger partial charge on any atom is 0.395 e. The molecule has 2 aliphatic heterocycles. The van der Waals surface area contributed by atoms with E-state index in [2.05, 4.69) is 4.98 Å². The second kappa shape index (κ2) is 8.67. The fourth-order valence-corrected chi connectivity index (χ4v) is 5.56. The van der Waals surface area contributed by atoms with Gasteiger partial charge in [-0.05, 0) is 56.3 Å². The van der Waals surface area contributed by atoms with Gasteiger partial charge in [0.25, 0.3) is 0 Å².